The second-order valence-electron chi connectivity index (χ2n) is 4.78. The Balaban J connectivity index is 2.99. The predicted octanol–water partition coefficient (Wildman–Crippen LogP) is 2.94. The van der Waals surface area contributed by atoms with Crippen molar-refractivity contribution in [3.8, 4) is 5.88 Å². The summed E-state index contributed by atoms with van der Waals surface area (Å²) in [6.07, 6.45) is 0. The Hall–Kier alpha value is -1.58. The van der Waals surface area contributed by atoms with Crippen molar-refractivity contribution in [2.75, 3.05) is 6.61 Å². The van der Waals surface area contributed by atoms with E-state index >= 15 is 0 Å². The van der Waals surface area contributed by atoms with Crippen molar-refractivity contribution in [2.45, 2.75) is 33.6 Å². The summed E-state index contributed by atoms with van der Waals surface area (Å²) in [5, 5.41) is 9.01. The average Bonchev–Trinajstić information content (AvgIpc) is 2.25. The number of pyridine rings is 1. The quantitative estimate of drug-likeness (QED) is 0.855. The van der Waals surface area contributed by atoms with Gasteiger partial charge in [0, 0.05) is 11.8 Å². The van der Waals surface area contributed by atoms with Crippen LogP contribution in [0.25, 0.3) is 0 Å². The van der Waals surface area contributed by atoms with E-state index < -0.39 is 5.97 Å². The molecule has 94 valence electrons. The highest BCUT2D eigenvalue weighted by atomic mass is 16.5. The van der Waals surface area contributed by atoms with Crippen LogP contribution in [-0.2, 0) is 0 Å². The minimum atomic E-state index is -0.955. The molecule has 0 spiro atoms. The summed E-state index contributed by atoms with van der Waals surface area (Å²) in [5.41, 5.74) is 0.964. The maximum absolute atomic E-state index is 11.0. The number of carboxylic acids is 1. The fourth-order valence-electron chi connectivity index (χ4n) is 1.27. The van der Waals surface area contributed by atoms with E-state index in [1.165, 1.54) is 6.07 Å². The molecule has 4 nitrogen and oxygen atoms in total. The van der Waals surface area contributed by atoms with Gasteiger partial charge in [0.05, 0.1) is 12.2 Å². The number of aromatic nitrogens is 1. The predicted molar refractivity (Wildman–Crippen MR) is 65.6 cm³/mol. The number of ether oxygens (including phenoxy) is 1. The Morgan fingerprint density at radius 2 is 2.00 bits per heavy atom. The van der Waals surface area contributed by atoms with Crippen LogP contribution in [0.15, 0.2) is 12.1 Å². The van der Waals surface area contributed by atoms with E-state index in [2.05, 4.69) is 4.98 Å². The zero-order valence-electron chi connectivity index (χ0n) is 10.7. The normalized spacial score (nSPS) is 10.9. The van der Waals surface area contributed by atoms with E-state index in [1.807, 2.05) is 27.7 Å². The Bertz CT molecular complexity index is 400. The van der Waals surface area contributed by atoms with Crippen LogP contribution in [0.3, 0.4) is 0 Å². The third kappa shape index (κ3) is 4.06. The molecular formula is C13H19NO3. The Kier molecular flexibility index (Phi) is 4.49. The molecular weight excluding hydrogens is 218 g/mol. The zero-order chi connectivity index (χ0) is 13.0. The number of nitrogens with zero attached hydrogens (tertiary/aromatic N) is 1. The number of rotatable bonds is 5. The first-order valence-electron chi connectivity index (χ1n) is 5.78. The van der Waals surface area contributed by atoms with Crippen LogP contribution < -0.4 is 4.74 Å². The first kappa shape index (κ1) is 13.5. The Morgan fingerprint density at radius 1 is 1.35 bits per heavy atom. The molecule has 0 saturated heterocycles. The molecule has 0 amide bonds. The van der Waals surface area contributed by atoms with E-state index in [-0.39, 0.29) is 11.5 Å². The summed E-state index contributed by atoms with van der Waals surface area (Å²) in [6, 6.07) is 3.06. The minimum absolute atomic E-state index is 0.177. The fourth-order valence-corrected chi connectivity index (χ4v) is 1.27. The second kappa shape index (κ2) is 5.66. The van der Waals surface area contributed by atoms with E-state index in [9.17, 15) is 4.79 Å². The lowest BCUT2D eigenvalue weighted by molar-refractivity contribution is 0.0696. The van der Waals surface area contributed by atoms with Gasteiger partial charge >= 0.3 is 5.97 Å². The lowest BCUT2D eigenvalue weighted by atomic mass is 10.1. The van der Waals surface area contributed by atoms with Crippen molar-refractivity contribution in [1.82, 2.24) is 4.98 Å². The molecule has 0 atom stereocenters. The third-order valence-electron chi connectivity index (χ3n) is 2.22. The van der Waals surface area contributed by atoms with Gasteiger partial charge in [-0.1, -0.05) is 27.7 Å². The summed E-state index contributed by atoms with van der Waals surface area (Å²) < 4.78 is 5.47. The molecule has 0 bridgehead atoms. The van der Waals surface area contributed by atoms with Crippen molar-refractivity contribution in [3.05, 3.63) is 23.4 Å². The summed E-state index contributed by atoms with van der Waals surface area (Å²) in [6.45, 7) is 8.54. The molecule has 0 saturated carbocycles. The van der Waals surface area contributed by atoms with Crippen molar-refractivity contribution < 1.29 is 14.6 Å². The molecule has 1 rings (SSSR count). The molecule has 0 aromatic carbocycles. The van der Waals surface area contributed by atoms with Gasteiger partial charge in [0.2, 0.25) is 5.88 Å². The minimum Gasteiger partial charge on any atom is -0.478 e. The van der Waals surface area contributed by atoms with Crippen molar-refractivity contribution in [3.63, 3.8) is 0 Å². The maximum Gasteiger partial charge on any atom is 0.335 e. The van der Waals surface area contributed by atoms with Gasteiger partial charge in [0.15, 0.2) is 0 Å². The number of hydrogen-bond acceptors (Lipinski definition) is 3. The van der Waals surface area contributed by atoms with Gasteiger partial charge in [-0.15, -0.1) is 0 Å². The van der Waals surface area contributed by atoms with E-state index in [0.717, 1.165) is 5.69 Å². The summed E-state index contributed by atoms with van der Waals surface area (Å²) in [7, 11) is 0. The lowest BCUT2D eigenvalue weighted by Crippen LogP contribution is -2.09. The van der Waals surface area contributed by atoms with Crippen LogP contribution in [-0.4, -0.2) is 22.7 Å². The van der Waals surface area contributed by atoms with Crippen molar-refractivity contribution in [1.29, 1.82) is 0 Å². The molecule has 4 heteroatoms. The molecule has 0 aliphatic heterocycles. The number of carboxylic acid groups (broad SMARTS) is 1. The summed E-state index contributed by atoms with van der Waals surface area (Å²) >= 11 is 0. The zero-order valence-corrected chi connectivity index (χ0v) is 10.7. The van der Waals surface area contributed by atoms with Crippen LogP contribution in [0.1, 0.15) is 49.7 Å². The summed E-state index contributed by atoms with van der Waals surface area (Å²) in [5.74, 6) is -0.00511. The van der Waals surface area contributed by atoms with E-state index in [4.69, 9.17) is 9.84 Å². The number of aromatic carboxylic acids is 1. The van der Waals surface area contributed by atoms with Crippen LogP contribution in [0.4, 0.5) is 0 Å². The number of carbonyl (C=O) groups is 1. The maximum atomic E-state index is 11.0. The topological polar surface area (TPSA) is 59.4 Å². The average molecular weight is 237 g/mol. The Labute approximate surface area is 102 Å². The molecule has 0 radical (unpaired) electrons. The van der Waals surface area contributed by atoms with Gasteiger partial charge in [-0.2, -0.15) is 0 Å². The van der Waals surface area contributed by atoms with Crippen LogP contribution >= 0.6 is 0 Å². The second-order valence-corrected chi connectivity index (χ2v) is 4.78. The molecule has 0 aliphatic carbocycles. The van der Waals surface area contributed by atoms with Gasteiger partial charge < -0.3 is 9.84 Å². The molecule has 1 aromatic rings. The third-order valence-corrected chi connectivity index (χ3v) is 2.22. The highest BCUT2D eigenvalue weighted by Gasteiger charge is 2.11. The van der Waals surface area contributed by atoms with Gasteiger partial charge in [0.25, 0.3) is 0 Å². The van der Waals surface area contributed by atoms with Crippen LogP contribution in [0.2, 0.25) is 0 Å². The highest BCUT2D eigenvalue weighted by Crippen LogP contribution is 2.19. The lowest BCUT2D eigenvalue weighted by Gasteiger charge is -2.11. The highest BCUT2D eigenvalue weighted by molar-refractivity contribution is 5.88. The smallest absolute Gasteiger partial charge is 0.335 e. The molecule has 1 heterocycles. The molecule has 1 aromatic heterocycles. The molecule has 17 heavy (non-hydrogen) atoms. The van der Waals surface area contributed by atoms with Crippen LogP contribution in [0, 0.1) is 5.92 Å². The Morgan fingerprint density at radius 3 is 2.47 bits per heavy atom. The molecule has 1 N–H and O–H groups in total. The molecule has 0 fully saturated rings. The standard InChI is InChI=1S/C13H19NO3/c1-8(2)7-17-12-6-10(13(15)16)5-11(14-12)9(3)4/h5-6,8-9H,7H2,1-4H3,(H,15,16). The first-order valence-corrected chi connectivity index (χ1v) is 5.78. The molecule has 0 unspecified atom stereocenters. The van der Waals surface area contributed by atoms with Gasteiger partial charge in [-0.05, 0) is 17.9 Å². The van der Waals surface area contributed by atoms with Gasteiger partial charge in [-0.25, -0.2) is 9.78 Å². The first-order chi connectivity index (χ1) is 7.90. The van der Waals surface area contributed by atoms with Crippen LogP contribution in [0.5, 0.6) is 5.88 Å². The van der Waals surface area contributed by atoms with E-state index in [0.29, 0.717) is 18.4 Å². The SMILES string of the molecule is CC(C)COc1cc(C(=O)O)cc(C(C)C)n1. The number of hydrogen-bond donors (Lipinski definition) is 1. The summed E-state index contributed by atoms with van der Waals surface area (Å²) in [4.78, 5) is 15.3. The van der Waals surface area contributed by atoms with Gasteiger partial charge in [-0.3, -0.25) is 0 Å². The van der Waals surface area contributed by atoms with E-state index in [1.54, 1.807) is 6.07 Å². The molecule has 0 aliphatic rings. The fraction of sp³-hybridized carbons (Fsp3) is 0.538. The largest absolute Gasteiger partial charge is 0.478 e. The van der Waals surface area contributed by atoms with Crippen molar-refractivity contribution in [2.24, 2.45) is 5.92 Å². The van der Waals surface area contributed by atoms with Gasteiger partial charge in [0.1, 0.15) is 0 Å². The van der Waals surface area contributed by atoms with Crippen molar-refractivity contribution >= 4 is 5.97 Å². The monoisotopic (exact) mass is 237 g/mol.